The average Bonchev–Trinajstić information content (AvgIpc) is 2.30. The highest BCUT2D eigenvalue weighted by Crippen LogP contribution is 1.93. The Morgan fingerprint density at radius 1 is 1.35 bits per heavy atom. The Labute approximate surface area is 102 Å². The lowest BCUT2D eigenvalue weighted by atomic mass is 10.2. The van der Waals surface area contributed by atoms with Gasteiger partial charge in [0.05, 0.1) is 13.2 Å². The van der Waals surface area contributed by atoms with Crippen molar-refractivity contribution in [3.8, 4) is 0 Å². The molecule has 6 nitrogen and oxygen atoms in total. The molecule has 0 aromatic heterocycles. The molecular weight excluding hydrogens is 226 g/mol. The maximum atomic E-state index is 10.6. The van der Waals surface area contributed by atoms with Gasteiger partial charge in [0.25, 0.3) is 0 Å². The second-order valence-corrected chi connectivity index (χ2v) is 3.46. The van der Waals surface area contributed by atoms with Crippen LogP contribution in [0.25, 0.3) is 0 Å². The predicted octanol–water partition coefficient (Wildman–Crippen LogP) is 0.993. The second-order valence-electron chi connectivity index (χ2n) is 3.46. The maximum Gasteiger partial charge on any atom is 0.216 e. The molecule has 0 N–H and O–H groups in total. The number of Topliss-reactive ketones (excluding diaryl/α,β-unsaturated/α-hetero) is 1. The number of oxime groups is 1. The molecule has 0 amide bonds. The van der Waals surface area contributed by atoms with Crippen LogP contribution in [0.3, 0.4) is 0 Å². The molecule has 0 aliphatic heterocycles. The number of ketones is 1. The van der Waals surface area contributed by atoms with Crippen LogP contribution in [-0.2, 0) is 23.8 Å². The van der Waals surface area contributed by atoms with Gasteiger partial charge in [0, 0.05) is 26.9 Å². The largest absolute Gasteiger partial charge is 0.382 e. The van der Waals surface area contributed by atoms with Crippen molar-refractivity contribution in [1.82, 2.24) is 0 Å². The van der Waals surface area contributed by atoms with Crippen LogP contribution in [-0.4, -0.2) is 52.3 Å². The standard InChI is InChI=1S/C11H21NO5/c1-10(13)5-4-6-12-17-9-16-8-11(15-3)7-14-2/h6,11H,4-5,7-9H2,1-3H3/b12-6+. The van der Waals surface area contributed by atoms with Crippen LogP contribution in [0.2, 0.25) is 0 Å². The fourth-order valence-corrected chi connectivity index (χ4v) is 0.991. The summed E-state index contributed by atoms with van der Waals surface area (Å²) in [7, 11) is 3.19. The van der Waals surface area contributed by atoms with Gasteiger partial charge in [-0.15, -0.1) is 0 Å². The molecule has 0 aromatic carbocycles. The van der Waals surface area contributed by atoms with E-state index in [1.54, 1.807) is 27.4 Å². The Bertz CT molecular complexity index is 220. The van der Waals surface area contributed by atoms with Gasteiger partial charge in [0.2, 0.25) is 6.79 Å². The summed E-state index contributed by atoms with van der Waals surface area (Å²) >= 11 is 0. The minimum atomic E-state index is -0.106. The molecular formula is C11H21NO5. The van der Waals surface area contributed by atoms with Crippen LogP contribution >= 0.6 is 0 Å². The highest BCUT2D eigenvalue weighted by atomic mass is 16.7. The van der Waals surface area contributed by atoms with E-state index in [0.29, 0.717) is 26.1 Å². The summed E-state index contributed by atoms with van der Waals surface area (Å²) < 4.78 is 15.2. The first-order valence-corrected chi connectivity index (χ1v) is 5.43. The fraction of sp³-hybridized carbons (Fsp3) is 0.818. The predicted molar refractivity (Wildman–Crippen MR) is 63.0 cm³/mol. The van der Waals surface area contributed by atoms with Crippen LogP contribution in [0, 0.1) is 0 Å². The molecule has 6 heteroatoms. The van der Waals surface area contributed by atoms with E-state index >= 15 is 0 Å². The third-order valence-electron chi connectivity index (χ3n) is 1.90. The van der Waals surface area contributed by atoms with Crippen LogP contribution in [0.1, 0.15) is 19.8 Å². The average molecular weight is 247 g/mol. The molecule has 17 heavy (non-hydrogen) atoms. The molecule has 100 valence electrons. The van der Waals surface area contributed by atoms with Crippen molar-refractivity contribution in [1.29, 1.82) is 0 Å². The number of carbonyl (C=O) groups is 1. The normalized spacial score (nSPS) is 12.9. The molecule has 1 atom stereocenters. The Hall–Kier alpha value is -0.980. The van der Waals surface area contributed by atoms with Gasteiger partial charge >= 0.3 is 0 Å². The van der Waals surface area contributed by atoms with E-state index in [4.69, 9.17) is 19.0 Å². The first-order chi connectivity index (χ1) is 8.20. The highest BCUT2D eigenvalue weighted by Gasteiger charge is 2.06. The molecule has 0 saturated carbocycles. The Balaban J connectivity index is 3.35. The van der Waals surface area contributed by atoms with Crippen molar-refractivity contribution in [3.63, 3.8) is 0 Å². The van der Waals surface area contributed by atoms with Gasteiger partial charge in [-0.3, -0.25) is 0 Å². The van der Waals surface area contributed by atoms with E-state index in [9.17, 15) is 4.79 Å². The summed E-state index contributed by atoms with van der Waals surface area (Å²) in [5, 5.41) is 3.64. The molecule has 0 aromatic rings. The van der Waals surface area contributed by atoms with Crippen LogP contribution in [0.15, 0.2) is 5.16 Å². The summed E-state index contributed by atoms with van der Waals surface area (Å²) in [5.74, 6) is 0.134. The summed E-state index contributed by atoms with van der Waals surface area (Å²) in [5.41, 5.74) is 0. The Kier molecular flexibility index (Phi) is 10.8. The first-order valence-electron chi connectivity index (χ1n) is 5.43. The molecule has 0 aliphatic carbocycles. The fourth-order valence-electron chi connectivity index (χ4n) is 0.991. The number of carbonyl (C=O) groups excluding carboxylic acids is 1. The molecule has 0 heterocycles. The number of nitrogens with zero attached hydrogens (tertiary/aromatic N) is 1. The maximum absolute atomic E-state index is 10.6. The Morgan fingerprint density at radius 3 is 2.71 bits per heavy atom. The molecule has 0 radical (unpaired) electrons. The lowest BCUT2D eigenvalue weighted by Gasteiger charge is -2.13. The number of hydrogen-bond donors (Lipinski definition) is 0. The zero-order chi connectivity index (χ0) is 12.9. The lowest BCUT2D eigenvalue weighted by Crippen LogP contribution is -2.24. The topological polar surface area (TPSA) is 66.3 Å². The molecule has 0 fully saturated rings. The monoisotopic (exact) mass is 247 g/mol. The van der Waals surface area contributed by atoms with Gasteiger partial charge in [0.1, 0.15) is 11.9 Å². The van der Waals surface area contributed by atoms with E-state index in [2.05, 4.69) is 5.16 Å². The zero-order valence-corrected chi connectivity index (χ0v) is 10.7. The number of methoxy groups -OCH3 is 2. The van der Waals surface area contributed by atoms with Crippen molar-refractivity contribution in [2.45, 2.75) is 25.9 Å². The SMILES string of the molecule is COCC(COCO/N=C/CCC(C)=O)OC. The molecule has 1 unspecified atom stereocenters. The summed E-state index contributed by atoms with van der Waals surface area (Å²) in [6, 6.07) is 0. The van der Waals surface area contributed by atoms with Crippen molar-refractivity contribution in [3.05, 3.63) is 0 Å². The van der Waals surface area contributed by atoms with E-state index in [-0.39, 0.29) is 18.7 Å². The van der Waals surface area contributed by atoms with Crippen LogP contribution < -0.4 is 0 Å². The smallest absolute Gasteiger partial charge is 0.216 e. The first kappa shape index (κ1) is 16.0. The minimum Gasteiger partial charge on any atom is -0.382 e. The van der Waals surface area contributed by atoms with Crippen LogP contribution in [0.5, 0.6) is 0 Å². The van der Waals surface area contributed by atoms with E-state index in [1.165, 1.54) is 0 Å². The van der Waals surface area contributed by atoms with E-state index in [0.717, 1.165) is 0 Å². The van der Waals surface area contributed by atoms with Crippen molar-refractivity contribution >= 4 is 12.0 Å². The van der Waals surface area contributed by atoms with Gasteiger partial charge in [-0.05, 0) is 13.3 Å². The minimum absolute atomic E-state index is 0.0557. The van der Waals surface area contributed by atoms with Gasteiger partial charge in [-0.25, -0.2) is 0 Å². The molecule has 0 saturated heterocycles. The van der Waals surface area contributed by atoms with E-state index in [1.807, 2.05) is 0 Å². The summed E-state index contributed by atoms with van der Waals surface area (Å²) in [6.45, 7) is 2.45. The second kappa shape index (κ2) is 11.5. The lowest BCUT2D eigenvalue weighted by molar-refractivity contribution is -0.116. The summed E-state index contributed by atoms with van der Waals surface area (Å²) in [6.07, 6.45) is 2.51. The number of ether oxygens (including phenoxy) is 3. The van der Waals surface area contributed by atoms with Crippen molar-refractivity contribution < 1.29 is 23.8 Å². The molecule has 0 bridgehead atoms. The zero-order valence-electron chi connectivity index (χ0n) is 10.7. The molecule has 0 spiro atoms. The number of hydrogen-bond acceptors (Lipinski definition) is 6. The highest BCUT2D eigenvalue weighted by molar-refractivity contribution is 5.78. The van der Waals surface area contributed by atoms with Crippen LogP contribution in [0.4, 0.5) is 0 Å². The quantitative estimate of drug-likeness (QED) is 0.236. The number of rotatable bonds is 11. The third kappa shape index (κ3) is 11.3. The molecule has 0 rings (SSSR count). The molecule has 0 aliphatic rings. The van der Waals surface area contributed by atoms with Gasteiger partial charge in [-0.1, -0.05) is 5.16 Å². The van der Waals surface area contributed by atoms with Gasteiger partial charge in [0.15, 0.2) is 0 Å². The van der Waals surface area contributed by atoms with Crippen molar-refractivity contribution in [2.24, 2.45) is 5.16 Å². The Morgan fingerprint density at radius 2 is 2.12 bits per heavy atom. The van der Waals surface area contributed by atoms with Crippen molar-refractivity contribution in [2.75, 3.05) is 34.2 Å². The van der Waals surface area contributed by atoms with Gasteiger partial charge in [-0.2, -0.15) is 0 Å². The van der Waals surface area contributed by atoms with E-state index < -0.39 is 0 Å². The van der Waals surface area contributed by atoms with Gasteiger partial charge < -0.3 is 23.8 Å². The summed E-state index contributed by atoms with van der Waals surface area (Å²) in [4.78, 5) is 15.4. The third-order valence-corrected chi connectivity index (χ3v) is 1.90.